The van der Waals surface area contributed by atoms with E-state index in [0.29, 0.717) is 35.4 Å². The van der Waals surface area contributed by atoms with E-state index in [4.69, 9.17) is 4.74 Å². The number of ether oxygens (including phenoxy) is 1. The molecule has 0 bridgehead atoms. The van der Waals surface area contributed by atoms with Crippen LogP contribution in [0.3, 0.4) is 0 Å². The third-order valence-electron chi connectivity index (χ3n) is 5.99. The Morgan fingerprint density at radius 1 is 1.15 bits per heavy atom. The minimum absolute atomic E-state index is 0.0564. The van der Waals surface area contributed by atoms with Gasteiger partial charge in [-0.25, -0.2) is 9.97 Å². The Bertz CT molecular complexity index is 861. The Balaban J connectivity index is 1.45. The minimum Gasteiger partial charge on any atom is -0.378 e. The van der Waals surface area contributed by atoms with Crippen molar-refractivity contribution in [1.29, 1.82) is 0 Å². The lowest BCUT2D eigenvalue weighted by Gasteiger charge is -2.37. The fourth-order valence-electron chi connectivity index (χ4n) is 4.13. The SMILES string of the molecule is CCCCCCCCOC1CCC(Nc2nc(C(=O)CNc3nccs3)cs2)CC1C(F)(F)F. The van der Waals surface area contributed by atoms with Crippen LogP contribution in [-0.2, 0) is 4.74 Å². The first kappa shape index (κ1) is 26.9. The predicted molar refractivity (Wildman–Crippen MR) is 131 cm³/mol. The molecule has 1 saturated carbocycles. The lowest BCUT2D eigenvalue weighted by atomic mass is 9.82. The molecule has 190 valence electrons. The molecule has 0 radical (unpaired) electrons. The molecule has 0 amide bonds. The first-order valence-corrected chi connectivity index (χ1v) is 13.7. The molecule has 0 spiro atoms. The molecule has 0 aliphatic heterocycles. The summed E-state index contributed by atoms with van der Waals surface area (Å²) < 4.78 is 47.0. The second kappa shape index (κ2) is 13.4. The van der Waals surface area contributed by atoms with Crippen LogP contribution in [0.5, 0.6) is 0 Å². The van der Waals surface area contributed by atoms with Gasteiger partial charge in [0.1, 0.15) is 5.69 Å². The van der Waals surface area contributed by atoms with E-state index in [-0.39, 0.29) is 24.8 Å². The van der Waals surface area contributed by atoms with Gasteiger partial charge in [0, 0.05) is 29.6 Å². The number of halogens is 3. The third-order valence-corrected chi connectivity index (χ3v) is 7.49. The third kappa shape index (κ3) is 8.49. The summed E-state index contributed by atoms with van der Waals surface area (Å²) in [4.78, 5) is 20.7. The Kier molecular flexibility index (Phi) is 10.6. The first-order valence-electron chi connectivity index (χ1n) is 11.9. The van der Waals surface area contributed by atoms with Gasteiger partial charge < -0.3 is 15.4 Å². The highest BCUT2D eigenvalue weighted by atomic mass is 32.1. The van der Waals surface area contributed by atoms with Gasteiger partial charge in [-0.1, -0.05) is 39.0 Å². The Hall–Kier alpha value is -1.72. The van der Waals surface area contributed by atoms with Gasteiger partial charge in [-0.2, -0.15) is 13.2 Å². The van der Waals surface area contributed by atoms with Gasteiger partial charge in [0.15, 0.2) is 10.3 Å². The van der Waals surface area contributed by atoms with Crippen LogP contribution >= 0.6 is 22.7 Å². The monoisotopic (exact) mass is 518 g/mol. The molecule has 6 nitrogen and oxygen atoms in total. The summed E-state index contributed by atoms with van der Waals surface area (Å²) in [5, 5.41) is 10.6. The minimum atomic E-state index is -4.31. The molecule has 34 heavy (non-hydrogen) atoms. The molecule has 0 aromatic carbocycles. The first-order chi connectivity index (χ1) is 16.4. The number of ketones is 1. The maximum Gasteiger partial charge on any atom is 0.394 e. The normalized spacial score (nSPS) is 20.9. The van der Waals surface area contributed by atoms with Crippen molar-refractivity contribution in [2.24, 2.45) is 5.92 Å². The van der Waals surface area contributed by atoms with E-state index in [0.717, 1.165) is 19.3 Å². The summed E-state index contributed by atoms with van der Waals surface area (Å²) in [6.07, 6.45) is 3.87. The number of carbonyl (C=O) groups is 1. The van der Waals surface area contributed by atoms with Crippen molar-refractivity contribution in [3.05, 3.63) is 22.7 Å². The average Bonchev–Trinajstić information content (AvgIpc) is 3.49. The van der Waals surface area contributed by atoms with Crippen LogP contribution in [-0.4, -0.2) is 47.2 Å². The average molecular weight is 519 g/mol. The molecule has 1 aliphatic rings. The van der Waals surface area contributed by atoms with E-state index >= 15 is 0 Å². The van der Waals surface area contributed by atoms with E-state index < -0.39 is 18.2 Å². The molecule has 1 fully saturated rings. The van der Waals surface area contributed by atoms with Gasteiger partial charge in [0.2, 0.25) is 5.78 Å². The van der Waals surface area contributed by atoms with Gasteiger partial charge in [0.25, 0.3) is 0 Å². The molecular formula is C23H33F3N4O2S2. The van der Waals surface area contributed by atoms with E-state index in [9.17, 15) is 18.0 Å². The lowest BCUT2D eigenvalue weighted by molar-refractivity contribution is -0.216. The van der Waals surface area contributed by atoms with Gasteiger partial charge >= 0.3 is 6.18 Å². The Morgan fingerprint density at radius 2 is 1.94 bits per heavy atom. The standard InChI is InChI=1S/C23H33F3N4O2S2/c1-2-3-4-5-6-7-11-32-20-9-8-16(13-17(20)23(24,25)26)29-22-30-18(15-34-22)19(31)14-28-21-27-10-12-33-21/h10,12,15-17,20H,2-9,11,13-14H2,1H3,(H,27,28)(H,29,30). The van der Waals surface area contributed by atoms with Crippen LogP contribution in [0.4, 0.5) is 23.4 Å². The zero-order valence-electron chi connectivity index (χ0n) is 19.4. The number of hydrogen-bond acceptors (Lipinski definition) is 8. The van der Waals surface area contributed by atoms with Crippen molar-refractivity contribution >= 4 is 38.7 Å². The summed E-state index contributed by atoms with van der Waals surface area (Å²) in [5.74, 6) is -1.69. The van der Waals surface area contributed by atoms with Crippen molar-refractivity contribution in [3.63, 3.8) is 0 Å². The second-order valence-electron chi connectivity index (χ2n) is 8.63. The van der Waals surface area contributed by atoms with Crippen LogP contribution in [0, 0.1) is 5.92 Å². The second-order valence-corrected chi connectivity index (χ2v) is 10.4. The maximum absolute atomic E-state index is 13.8. The van der Waals surface area contributed by atoms with Gasteiger partial charge in [-0.15, -0.1) is 22.7 Å². The molecule has 2 N–H and O–H groups in total. The summed E-state index contributed by atoms with van der Waals surface area (Å²) in [5.41, 5.74) is 0.292. The smallest absolute Gasteiger partial charge is 0.378 e. The Labute approximate surface area is 206 Å². The molecule has 2 heterocycles. The number of aromatic nitrogens is 2. The zero-order valence-corrected chi connectivity index (χ0v) is 21.0. The number of carbonyl (C=O) groups excluding carboxylic acids is 1. The molecule has 3 rings (SSSR count). The van der Waals surface area contributed by atoms with Crippen LogP contribution in [0.15, 0.2) is 17.0 Å². The molecule has 2 aromatic heterocycles. The summed E-state index contributed by atoms with van der Waals surface area (Å²) in [6.45, 7) is 2.60. The summed E-state index contributed by atoms with van der Waals surface area (Å²) >= 11 is 2.63. The quantitative estimate of drug-likeness (QED) is 0.212. The van der Waals surface area contributed by atoms with Gasteiger partial charge in [0.05, 0.1) is 18.6 Å². The molecule has 11 heteroatoms. The fraction of sp³-hybridized carbons (Fsp3) is 0.696. The van der Waals surface area contributed by atoms with Gasteiger partial charge in [-0.05, 0) is 25.7 Å². The maximum atomic E-state index is 13.8. The number of nitrogens with zero attached hydrogens (tertiary/aromatic N) is 2. The highest BCUT2D eigenvalue weighted by molar-refractivity contribution is 7.14. The molecule has 0 saturated heterocycles. The van der Waals surface area contributed by atoms with Crippen LogP contribution in [0.2, 0.25) is 0 Å². The number of unbranched alkanes of at least 4 members (excludes halogenated alkanes) is 5. The number of nitrogens with one attached hydrogen (secondary N) is 2. The highest BCUT2D eigenvalue weighted by Gasteiger charge is 2.48. The fourth-order valence-corrected chi connectivity index (χ4v) is 5.46. The lowest BCUT2D eigenvalue weighted by Crippen LogP contribution is -2.44. The number of Topliss-reactive ketones (excluding diaryl/α,β-unsaturated/α-hetero) is 1. The van der Waals surface area contributed by atoms with Crippen molar-refractivity contribution < 1.29 is 22.7 Å². The van der Waals surface area contributed by atoms with Crippen molar-refractivity contribution in [2.45, 2.75) is 83.0 Å². The number of anilines is 2. The molecule has 1 aliphatic carbocycles. The van der Waals surface area contributed by atoms with Crippen LogP contribution < -0.4 is 10.6 Å². The molecule has 2 aromatic rings. The Morgan fingerprint density at radius 3 is 2.68 bits per heavy atom. The van der Waals surface area contributed by atoms with E-state index in [1.54, 1.807) is 17.0 Å². The van der Waals surface area contributed by atoms with Gasteiger partial charge in [-0.3, -0.25) is 4.79 Å². The van der Waals surface area contributed by atoms with E-state index in [2.05, 4.69) is 27.5 Å². The molecule has 3 unspecified atom stereocenters. The highest BCUT2D eigenvalue weighted by Crippen LogP contribution is 2.40. The number of thiazole rings is 2. The number of hydrogen-bond donors (Lipinski definition) is 2. The van der Waals surface area contributed by atoms with E-state index in [1.165, 1.54) is 41.9 Å². The topological polar surface area (TPSA) is 76.1 Å². The largest absolute Gasteiger partial charge is 0.394 e. The predicted octanol–water partition coefficient (Wildman–Crippen LogP) is 6.78. The summed E-state index contributed by atoms with van der Waals surface area (Å²) in [7, 11) is 0. The zero-order chi connectivity index (χ0) is 24.4. The summed E-state index contributed by atoms with van der Waals surface area (Å²) in [6, 6.07) is -0.358. The van der Waals surface area contributed by atoms with Crippen LogP contribution in [0.1, 0.15) is 75.2 Å². The van der Waals surface area contributed by atoms with E-state index in [1.807, 2.05) is 0 Å². The van der Waals surface area contributed by atoms with Crippen molar-refractivity contribution in [1.82, 2.24) is 9.97 Å². The molecular weight excluding hydrogens is 485 g/mol. The number of alkyl halides is 3. The van der Waals surface area contributed by atoms with Crippen molar-refractivity contribution in [2.75, 3.05) is 23.8 Å². The van der Waals surface area contributed by atoms with Crippen LogP contribution in [0.25, 0.3) is 0 Å². The number of rotatable bonds is 14. The van der Waals surface area contributed by atoms with Crippen molar-refractivity contribution in [3.8, 4) is 0 Å². The molecule has 3 atom stereocenters.